The number of rotatable bonds is 3. The molecule has 0 radical (unpaired) electrons. The topological polar surface area (TPSA) is 15.3 Å². The first-order chi connectivity index (χ1) is 5.84. The van der Waals surface area contributed by atoms with Crippen LogP contribution in [0.5, 0.6) is 0 Å². The largest absolute Gasteiger partial charge is 0.310 e. The van der Waals surface area contributed by atoms with Crippen molar-refractivity contribution in [1.82, 2.24) is 10.2 Å². The maximum absolute atomic E-state index is 3.55. The second kappa shape index (κ2) is 3.58. The van der Waals surface area contributed by atoms with Gasteiger partial charge in [0.1, 0.15) is 0 Å². The first-order valence-corrected chi connectivity index (χ1v) is 4.94. The van der Waals surface area contributed by atoms with Crippen molar-refractivity contribution in [3.8, 4) is 0 Å². The third kappa shape index (κ3) is 2.32. The van der Waals surface area contributed by atoms with Gasteiger partial charge in [-0.05, 0) is 31.9 Å². The molecule has 0 unspecified atom stereocenters. The van der Waals surface area contributed by atoms with Gasteiger partial charge in [-0.3, -0.25) is 0 Å². The highest BCUT2D eigenvalue weighted by Crippen LogP contribution is 2.19. The van der Waals surface area contributed by atoms with Crippen LogP contribution in [0.15, 0.2) is 11.6 Å². The summed E-state index contributed by atoms with van der Waals surface area (Å²) in [5, 5.41) is 3.55. The van der Waals surface area contributed by atoms with Gasteiger partial charge in [-0.1, -0.05) is 6.08 Å². The summed E-state index contributed by atoms with van der Waals surface area (Å²) in [5.41, 5.74) is 1.58. The van der Waals surface area contributed by atoms with Gasteiger partial charge in [-0.2, -0.15) is 0 Å². The van der Waals surface area contributed by atoms with Crippen LogP contribution in [0.25, 0.3) is 0 Å². The molecule has 2 rings (SSSR count). The zero-order valence-corrected chi connectivity index (χ0v) is 7.84. The van der Waals surface area contributed by atoms with Crippen LogP contribution in [0, 0.1) is 0 Å². The molecule has 0 aromatic carbocycles. The molecular formula is C10H18N2. The van der Waals surface area contributed by atoms with Gasteiger partial charge in [0.2, 0.25) is 0 Å². The summed E-state index contributed by atoms with van der Waals surface area (Å²) in [6.07, 6.45) is 6.42. The van der Waals surface area contributed by atoms with Crippen LogP contribution < -0.4 is 5.32 Å². The highest BCUT2D eigenvalue weighted by molar-refractivity contribution is 5.10. The molecule has 2 aliphatic rings. The third-order valence-corrected chi connectivity index (χ3v) is 2.61. The van der Waals surface area contributed by atoms with Crippen LogP contribution in [-0.2, 0) is 0 Å². The monoisotopic (exact) mass is 166 g/mol. The Kier molecular flexibility index (Phi) is 2.47. The first kappa shape index (κ1) is 8.27. The average Bonchev–Trinajstić information content (AvgIpc) is 2.84. The Morgan fingerprint density at radius 1 is 1.58 bits per heavy atom. The van der Waals surface area contributed by atoms with Crippen molar-refractivity contribution in [3.63, 3.8) is 0 Å². The lowest BCUT2D eigenvalue weighted by atomic mass is 10.1. The third-order valence-electron chi connectivity index (χ3n) is 2.61. The molecule has 0 spiro atoms. The van der Waals surface area contributed by atoms with Crippen LogP contribution in [0.1, 0.15) is 19.3 Å². The van der Waals surface area contributed by atoms with Crippen LogP contribution in [-0.4, -0.2) is 37.6 Å². The molecule has 1 fully saturated rings. The minimum absolute atomic E-state index is 0.845. The first-order valence-electron chi connectivity index (χ1n) is 4.94. The smallest absolute Gasteiger partial charge is 0.0202 e. The molecular weight excluding hydrogens is 148 g/mol. The van der Waals surface area contributed by atoms with Gasteiger partial charge in [-0.15, -0.1) is 0 Å². The Hall–Kier alpha value is -0.340. The lowest BCUT2D eigenvalue weighted by Gasteiger charge is -2.23. The average molecular weight is 166 g/mol. The number of nitrogens with zero attached hydrogens (tertiary/aromatic N) is 1. The zero-order valence-electron chi connectivity index (χ0n) is 7.84. The van der Waals surface area contributed by atoms with E-state index in [-0.39, 0.29) is 0 Å². The maximum atomic E-state index is 3.55. The molecule has 1 N–H and O–H groups in total. The molecule has 0 bridgehead atoms. The highest BCUT2D eigenvalue weighted by atomic mass is 15.1. The molecule has 2 nitrogen and oxygen atoms in total. The van der Waals surface area contributed by atoms with Crippen molar-refractivity contribution < 1.29 is 0 Å². The van der Waals surface area contributed by atoms with Gasteiger partial charge in [-0.25, -0.2) is 0 Å². The van der Waals surface area contributed by atoms with E-state index in [9.17, 15) is 0 Å². The lowest BCUT2D eigenvalue weighted by Crippen LogP contribution is -2.30. The van der Waals surface area contributed by atoms with Gasteiger partial charge in [0.15, 0.2) is 0 Å². The second-order valence-corrected chi connectivity index (χ2v) is 4.04. The van der Waals surface area contributed by atoms with Gasteiger partial charge in [0.05, 0.1) is 0 Å². The Bertz CT molecular complexity index is 182. The van der Waals surface area contributed by atoms with E-state index in [1.165, 1.54) is 32.4 Å². The Balaban J connectivity index is 1.74. The SMILES string of the molecule is CN1CCC=C(CNC2CC2)C1. The van der Waals surface area contributed by atoms with Gasteiger partial charge < -0.3 is 10.2 Å². The Morgan fingerprint density at radius 3 is 3.08 bits per heavy atom. The van der Waals surface area contributed by atoms with E-state index >= 15 is 0 Å². The Morgan fingerprint density at radius 2 is 2.42 bits per heavy atom. The van der Waals surface area contributed by atoms with Crippen LogP contribution in [0.3, 0.4) is 0 Å². The molecule has 1 saturated carbocycles. The fourth-order valence-corrected chi connectivity index (χ4v) is 1.67. The molecule has 0 amide bonds. The fourth-order valence-electron chi connectivity index (χ4n) is 1.67. The van der Waals surface area contributed by atoms with Crippen LogP contribution >= 0.6 is 0 Å². The van der Waals surface area contributed by atoms with Crippen LogP contribution in [0.4, 0.5) is 0 Å². The fraction of sp³-hybridized carbons (Fsp3) is 0.800. The number of nitrogens with one attached hydrogen (secondary N) is 1. The van der Waals surface area contributed by atoms with Crippen molar-refractivity contribution >= 4 is 0 Å². The van der Waals surface area contributed by atoms with Crippen molar-refractivity contribution in [3.05, 3.63) is 11.6 Å². The van der Waals surface area contributed by atoms with Gasteiger partial charge in [0, 0.05) is 25.7 Å². The molecule has 0 aromatic rings. The molecule has 1 aliphatic heterocycles. The zero-order chi connectivity index (χ0) is 8.39. The summed E-state index contributed by atoms with van der Waals surface area (Å²) >= 11 is 0. The summed E-state index contributed by atoms with van der Waals surface area (Å²) in [6, 6.07) is 0.845. The van der Waals surface area contributed by atoms with Crippen molar-refractivity contribution in [2.24, 2.45) is 0 Å². The highest BCUT2D eigenvalue weighted by Gasteiger charge is 2.20. The van der Waals surface area contributed by atoms with E-state index in [4.69, 9.17) is 0 Å². The molecule has 68 valence electrons. The summed E-state index contributed by atoms with van der Waals surface area (Å²) in [4.78, 5) is 2.39. The summed E-state index contributed by atoms with van der Waals surface area (Å²) in [6.45, 7) is 3.52. The normalized spacial score (nSPS) is 25.6. The van der Waals surface area contributed by atoms with E-state index in [2.05, 4.69) is 23.3 Å². The molecule has 2 heteroatoms. The Labute approximate surface area is 74.6 Å². The second-order valence-electron chi connectivity index (χ2n) is 4.04. The van der Waals surface area contributed by atoms with Gasteiger partial charge in [0.25, 0.3) is 0 Å². The minimum Gasteiger partial charge on any atom is -0.310 e. The summed E-state index contributed by atoms with van der Waals surface area (Å²) < 4.78 is 0. The van der Waals surface area contributed by atoms with Gasteiger partial charge >= 0.3 is 0 Å². The van der Waals surface area contributed by atoms with Crippen molar-refractivity contribution in [2.45, 2.75) is 25.3 Å². The van der Waals surface area contributed by atoms with E-state index in [0.717, 1.165) is 12.6 Å². The molecule has 1 aliphatic carbocycles. The van der Waals surface area contributed by atoms with E-state index in [0.29, 0.717) is 0 Å². The molecule has 12 heavy (non-hydrogen) atoms. The maximum Gasteiger partial charge on any atom is 0.0202 e. The van der Waals surface area contributed by atoms with E-state index in [1.54, 1.807) is 5.57 Å². The summed E-state index contributed by atoms with van der Waals surface area (Å²) in [7, 11) is 2.20. The quantitative estimate of drug-likeness (QED) is 0.629. The van der Waals surface area contributed by atoms with E-state index in [1.807, 2.05) is 0 Å². The number of hydrogen-bond acceptors (Lipinski definition) is 2. The lowest BCUT2D eigenvalue weighted by molar-refractivity contribution is 0.350. The molecule has 0 saturated heterocycles. The summed E-state index contributed by atoms with van der Waals surface area (Å²) in [5.74, 6) is 0. The van der Waals surface area contributed by atoms with Crippen molar-refractivity contribution in [2.75, 3.05) is 26.7 Å². The molecule has 0 aromatic heterocycles. The predicted molar refractivity (Wildman–Crippen MR) is 51.2 cm³/mol. The molecule has 0 atom stereocenters. The molecule has 1 heterocycles. The number of hydrogen-bond donors (Lipinski definition) is 1. The standard InChI is InChI=1S/C10H18N2/c1-12-6-2-3-9(8-12)7-11-10-4-5-10/h3,10-11H,2,4-8H2,1H3. The van der Waals surface area contributed by atoms with E-state index < -0.39 is 0 Å². The van der Waals surface area contributed by atoms with Crippen LogP contribution in [0.2, 0.25) is 0 Å². The van der Waals surface area contributed by atoms with Crippen molar-refractivity contribution in [1.29, 1.82) is 0 Å². The number of likely N-dealkylation sites (N-methyl/N-ethyl adjacent to an activating group) is 1. The predicted octanol–water partition coefficient (Wildman–Crippen LogP) is 1.00. The minimum atomic E-state index is 0.845.